The molecule has 0 bridgehead atoms. The molecule has 6 heteroatoms. The van der Waals surface area contributed by atoms with E-state index < -0.39 is 0 Å². The lowest BCUT2D eigenvalue weighted by molar-refractivity contribution is -0.133. The number of hydrogen-bond donors (Lipinski definition) is 0. The van der Waals surface area contributed by atoms with Gasteiger partial charge in [0.1, 0.15) is 12.3 Å². The molecule has 0 aliphatic heterocycles. The Morgan fingerprint density at radius 1 is 0.970 bits per heavy atom. The van der Waals surface area contributed by atoms with Crippen molar-refractivity contribution in [3.8, 4) is 5.75 Å². The van der Waals surface area contributed by atoms with Gasteiger partial charge in [-0.1, -0.05) is 37.3 Å². The second-order valence-corrected chi connectivity index (χ2v) is 9.54. The van der Waals surface area contributed by atoms with E-state index >= 15 is 0 Å². The van der Waals surface area contributed by atoms with Crippen molar-refractivity contribution >= 4 is 23.2 Å². The minimum atomic E-state index is -0.146. The highest BCUT2D eigenvalue weighted by Gasteiger charge is 2.26. The molecule has 174 valence electrons. The van der Waals surface area contributed by atoms with Gasteiger partial charge in [0, 0.05) is 27.9 Å². The minimum absolute atomic E-state index is 0.0388. The van der Waals surface area contributed by atoms with Crippen LogP contribution in [0.3, 0.4) is 0 Å². The van der Waals surface area contributed by atoms with Crippen LogP contribution in [-0.4, -0.2) is 41.3 Å². The summed E-state index contributed by atoms with van der Waals surface area (Å²) in [4.78, 5) is 32.8. The smallest absolute Gasteiger partial charge is 0.254 e. The molecule has 1 unspecified atom stereocenters. The first kappa shape index (κ1) is 24.5. The number of nitrogens with zero attached hydrogens (tertiary/aromatic N) is 2. The molecular formula is C27H32N2O3S. The van der Waals surface area contributed by atoms with E-state index in [0.717, 1.165) is 16.9 Å². The van der Waals surface area contributed by atoms with Crippen LogP contribution in [0.1, 0.15) is 45.9 Å². The molecule has 1 aromatic heterocycles. The Kier molecular flexibility index (Phi) is 8.66. The summed E-state index contributed by atoms with van der Waals surface area (Å²) < 4.78 is 5.20. The van der Waals surface area contributed by atoms with Gasteiger partial charge in [-0.25, -0.2) is 0 Å². The van der Waals surface area contributed by atoms with Crippen molar-refractivity contribution in [1.29, 1.82) is 0 Å². The first-order valence-corrected chi connectivity index (χ1v) is 12.0. The van der Waals surface area contributed by atoms with Crippen molar-refractivity contribution in [2.45, 2.75) is 46.3 Å². The molecule has 2 amide bonds. The third-order valence-corrected chi connectivity index (χ3v) is 6.72. The van der Waals surface area contributed by atoms with Gasteiger partial charge in [-0.2, -0.15) is 0 Å². The van der Waals surface area contributed by atoms with E-state index in [1.54, 1.807) is 47.6 Å². The lowest BCUT2D eigenvalue weighted by atomic mass is 10.1. The molecule has 3 aromatic rings. The van der Waals surface area contributed by atoms with E-state index in [1.165, 1.54) is 4.88 Å². The van der Waals surface area contributed by atoms with Crippen LogP contribution in [0.2, 0.25) is 0 Å². The number of carbonyl (C=O) groups is 2. The summed E-state index contributed by atoms with van der Waals surface area (Å²) in [5, 5.41) is 0. The van der Waals surface area contributed by atoms with Gasteiger partial charge < -0.3 is 14.5 Å². The largest absolute Gasteiger partial charge is 0.497 e. The number of amides is 2. The number of carbonyl (C=O) groups excluding carboxylic acids is 2. The fourth-order valence-corrected chi connectivity index (χ4v) is 4.49. The second kappa shape index (κ2) is 11.7. The predicted molar refractivity (Wildman–Crippen MR) is 134 cm³/mol. The third-order valence-electron chi connectivity index (χ3n) is 5.74. The molecule has 0 radical (unpaired) electrons. The number of thiophene rings is 1. The summed E-state index contributed by atoms with van der Waals surface area (Å²) >= 11 is 1.69. The molecule has 0 saturated heterocycles. The van der Waals surface area contributed by atoms with Crippen LogP contribution in [0.5, 0.6) is 5.75 Å². The van der Waals surface area contributed by atoms with Crippen molar-refractivity contribution in [3.05, 3.63) is 87.6 Å². The summed E-state index contributed by atoms with van der Waals surface area (Å²) in [7, 11) is 1.59. The summed E-state index contributed by atoms with van der Waals surface area (Å²) in [6.07, 6.45) is 0.762. The van der Waals surface area contributed by atoms with Crippen molar-refractivity contribution in [2.75, 3.05) is 13.7 Å². The maximum Gasteiger partial charge on any atom is 0.254 e. The summed E-state index contributed by atoms with van der Waals surface area (Å²) in [5.74, 6) is 0.483. The van der Waals surface area contributed by atoms with E-state index in [1.807, 2.05) is 49.1 Å². The van der Waals surface area contributed by atoms with Gasteiger partial charge in [0.05, 0.1) is 13.7 Å². The number of methoxy groups -OCH3 is 1. The van der Waals surface area contributed by atoms with E-state index in [9.17, 15) is 9.59 Å². The zero-order valence-corrected chi connectivity index (χ0v) is 20.6. The normalized spacial score (nSPS) is 11.6. The third kappa shape index (κ3) is 6.68. The van der Waals surface area contributed by atoms with Crippen LogP contribution < -0.4 is 4.74 Å². The molecular weight excluding hydrogens is 432 g/mol. The average molecular weight is 465 g/mol. The number of hydrogen-bond acceptors (Lipinski definition) is 4. The molecule has 0 N–H and O–H groups in total. The topological polar surface area (TPSA) is 49.9 Å². The molecule has 1 atom stereocenters. The Hall–Kier alpha value is -3.12. The van der Waals surface area contributed by atoms with E-state index in [2.05, 4.69) is 19.1 Å². The lowest BCUT2D eigenvalue weighted by Crippen LogP contribution is -2.46. The summed E-state index contributed by atoms with van der Waals surface area (Å²) in [6.45, 7) is 7.14. The molecule has 0 fully saturated rings. The van der Waals surface area contributed by atoms with E-state index in [0.29, 0.717) is 24.4 Å². The maximum atomic E-state index is 13.5. The van der Waals surface area contributed by atoms with Gasteiger partial charge in [0.25, 0.3) is 5.91 Å². The van der Waals surface area contributed by atoms with Crippen molar-refractivity contribution in [3.63, 3.8) is 0 Å². The maximum absolute atomic E-state index is 13.5. The molecule has 0 aliphatic carbocycles. The van der Waals surface area contributed by atoms with Crippen LogP contribution in [0.15, 0.2) is 66.7 Å². The number of benzene rings is 2. The van der Waals surface area contributed by atoms with E-state index in [4.69, 9.17) is 4.74 Å². The quantitative estimate of drug-likeness (QED) is 0.396. The molecule has 1 heterocycles. The molecule has 33 heavy (non-hydrogen) atoms. The van der Waals surface area contributed by atoms with Crippen LogP contribution in [0.25, 0.3) is 0 Å². The van der Waals surface area contributed by atoms with Gasteiger partial charge in [-0.15, -0.1) is 11.3 Å². The van der Waals surface area contributed by atoms with Gasteiger partial charge >= 0.3 is 0 Å². The number of ether oxygens (including phenoxy) is 1. The Labute approximate surface area is 200 Å². The highest BCUT2D eigenvalue weighted by Crippen LogP contribution is 2.20. The number of aryl methyl sites for hydroxylation is 1. The Morgan fingerprint density at radius 2 is 1.67 bits per heavy atom. The first-order valence-electron chi connectivity index (χ1n) is 11.2. The number of rotatable bonds is 10. The molecule has 5 nitrogen and oxygen atoms in total. The van der Waals surface area contributed by atoms with Crippen molar-refractivity contribution in [1.82, 2.24) is 9.80 Å². The van der Waals surface area contributed by atoms with Gasteiger partial charge in [-0.05, 0) is 62.2 Å². The zero-order chi connectivity index (χ0) is 23.8. The highest BCUT2D eigenvalue weighted by atomic mass is 32.1. The second-order valence-electron chi connectivity index (χ2n) is 8.17. The molecule has 0 aliphatic rings. The van der Waals surface area contributed by atoms with Crippen LogP contribution in [0, 0.1) is 6.92 Å². The standard InChI is InChI=1S/C27H32N2O3S/c1-5-20(2)29(27(31)23-12-14-24(32-4)15-13-23)19-26(30)28(17-22-9-7-6-8-10-22)18-25-16-11-21(3)33-25/h6-16,20H,5,17-19H2,1-4H3. The van der Waals surface area contributed by atoms with Gasteiger partial charge in [0.15, 0.2) is 0 Å². The molecule has 0 saturated carbocycles. The minimum Gasteiger partial charge on any atom is -0.497 e. The van der Waals surface area contributed by atoms with Gasteiger partial charge in [0.2, 0.25) is 5.91 Å². The Balaban J connectivity index is 1.82. The summed E-state index contributed by atoms with van der Waals surface area (Å²) in [5.41, 5.74) is 1.61. The fourth-order valence-electron chi connectivity index (χ4n) is 3.59. The SMILES string of the molecule is CCC(C)N(CC(=O)N(Cc1ccccc1)Cc1ccc(C)s1)C(=O)c1ccc(OC)cc1. The monoisotopic (exact) mass is 464 g/mol. The highest BCUT2D eigenvalue weighted by molar-refractivity contribution is 7.11. The van der Waals surface area contributed by atoms with Gasteiger partial charge in [-0.3, -0.25) is 9.59 Å². The van der Waals surface area contributed by atoms with Crippen molar-refractivity contribution in [2.24, 2.45) is 0 Å². The van der Waals surface area contributed by atoms with Crippen molar-refractivity contribution < 1.29 is 14.3 Å². The molecule has 2 aromatic carbocycles. The predicted octanol–water partition coefficient (Wildman–Crippen LogP) is 5.53. The first-order chi connectivity index (χ1) is 15.9. The summed E-state index contributed by atoms with van der Waals surface area (Å²) in [6, 6.07) is 21.1. The Bertz CT molecular complexity index is 1050. The average Bonchev–Trinajstić information content (AvgIpc) is 3.26. The fraction of sp³-hybridized carbons (Fsp3) is 0.333. The Morgan fingerprint density at radius 3 is 2.24 bits per heavy atom. The zero-order valence-electron chi connectivity index (χ0n) is 19.8. The van der Waals surface area contributed by atoms with E-state index in [-0.39, 0.29) is 24.4 Å². The van der Waals surface area contributed by atoms with Crippen LogP contribution >= 0.6 is 11.3 Å². The molecule has 0 spiro atoms. The van der Waals surface area contributed by atoms with Crippen LogP contribution in [-0.2, 0) is 17.9 Å². The molecule has 3 rings (SSSR count). The van der Waals surface area contributed by atoms with Crippen LogP contribution in [0.4, 0.5) is 0 Å². The lowest BCUT2D eigenvalue weighted by Gasteiger charge is -2.31.